The van der Waals surface area contributed by atoms with Crippen LogP contribution in [0.5, 0.6) is 5.75 Å². The minimum atomic E-state index is -4.48. The van der Waals surface area contributed by atoms with Crippen LogP contribution in [-0.4, -0.2) is 33.6 Å². The van der Waals surface area contributed by atoms with E-state index in [-0.39, 0.29) is 40.4 Å². The number of carboxylic acid groups (broad SMARTS) is 1. The minimum Gasteiger partial charge on any atom is -0.476 e. The molecule has 0 saturated carbocycles. The van der Waals surface area contributed by atoms with E-state index in [0.29, 0.717) is 0 Å². The molecule has 0 amide bonds. The van der Waals surface area contributed by atoms with E-state index in [1.165, 1.54) is 23.7 Å². The van der Waals surface area contributed by atoms with Gasteiger partial charge < -0.3 is 9.84 Å². The Morgan fingerprint density at radius 2 is 1.90 bits per heavy atom. The number of aryl methyl sites for hydroxylation is 1. The van der Waals surface area contributed by atoms with Gasteiger partial charge in [-0.15, -0.1) is 0 Å². The molecule has 160 valence electrons. The monoisotopic (exact) mass is 420 g/mol. The van der Waals surface area contributed by atoms with E-state index in [9.17, 15) is 31.9 Å². The maximum absolute atomic E-state index is 13.2. The Kier molecular flexibility index (Phi) is 6.24. The third-order valence-electron chi connectivity index (χ3n) is 4.62. The number of benzene rings is 1. The zero-order valence-corrected chi connectivity index (χ0v) is 16.3. The van der Waals surface area contributed by atoms with Crippen molar-refractivity contribution in [2.24, 2.45) is 5.41 Å². The molecule has 1 aromatic carbocycles. The molecule has 1 heterocycles. The summed E-state index contributed by atoms with van der Waals surface area (Å²) < 4.78 is 71.4. The lowest BCUT2D eigenvalue weighted by molar-refractivity contribution is -0.211. The molecule has 0 fully saturated rings. The average Bonchev–Trinajstić information content (AvgIpc) is 2.90. The molecule has 1 N–H and O–H groups in total. The molecule has 0 unspecified atom stereocenters. The number of rotatable bonds is 7. The van der Waals surface area contributed by atoms with Crippen LogP contribution in [0.3, 0.4) is 0 Å². The Morgan fingerprint density at radius 3 is 2.38 bits per heavy atom. The summed E-state index contributed by atoms with van der Waals surface area (Å²) in [4.78, 5) is 11.4. The minimum absolute atomic E-state index is 0.123. The highest BCUT2D eigenvalue weighted by Gasteiger charge is 2.47. The summed E-state index contributed by atoms with van der Waals surface area (Å²) in [5.74, 6) is -1.62. The largest absolute Gasteiger partial charge is 0.476 e. The molecule has 0 aliphatic heterocycles. The maximum Gasteiger partial charge on any atom is 0.394 e. The third kappa shape index (κ3) is 4.68. The fraction of sp³-hybridized carbons (Fsp3) is 0.474. The molecular formula is C19H21F5N2O3. The van der Waals surface area contributed by atoms with Crippen molar-refractivity contribution >= 4 is 5.97 Å². The molecule has 0 saturated heterocycles. The van der Waals surface area contributed by atoms with Crippen LogP contribution in [-0.2, 0) is 13.0 Å². The highest BCUT2D eigenvalue weighted by molar-refractivity contribution is 5.90. The van der Waals surface area contributed by atoms with Crippen LogP contribution in [0.4, 0.5) is 22.0 Å². The zero-order valence-electron chi connectivity index (χ0n) is 16.3. The van der Waals surface area contributed by atoms with Gasteiger partial charge in [-0.2, -0.15) is 27.1 Å². The molecule has 29 heavy (non-hydrogen) atoms. The van der Waals surface area contributed by atoms with Gasteiger partial charge in [0.1, 0.15) is 5.75 Å². The number of nitrogens with zero attached hydrogens (tertiary/aromatic N) is 2. The highest BCUT2D eigenvalue weighted by atomic mass is 19.4. The van der Waals surface area contributed by atoms with E-state index >= 15 is 0 Å². The average molecular weight is 420 g/mol. The topological polar surface area (TPSA) is 64.4 Å². The predicted molar refractivity (Wildman–Crippen MR) is 95.2 cm³/mol. The SMILES string of the molecule is CCn1nc(C(=O)O)c(C)c1-c1ccc(CC(C)(C)C(F)(F)F)cc1OC(F)F. The molecule has 0 atom stereocenters. The van der Waals surface area contributed by atoms with Gasteiger partial charge in [-0.1, -0.05) is 19.9 Å². The van der Waals surface area contributed by atoms with Crippen LogP contribution in [0, 0.1) is 12.3 Å². The van der Waals surface area contributed by atoms with Crippen LogP contribution < -0.4 is 4.74 Å². The van der Waals surface area contributed by atoms with E-state index in [4.69, 9.17) is 0 Å². The number of halogens is 5. The van der Waals surface area contributed by atoms with Gasteiger partial charge in [-0.05, 0) is 38.0 Å². The number of ether oxygens (including phenoxy) is 1. The second-order valence-corrected chi connectivity index (χ2v) is 7.21. The second kappa shape index (κ2) is 8.00. The number of aromatic carboxylic acids is 1. The van der Waals surface area contributed by atoms with Gasteiger partial charge in [0.05, 0.1) is 11.1 Å². The Morgan fingerprint density at radius 1 is 1.28 bits per heavy atom. The van der Waals surface area contributed by atoms with Gasteiger partial charge in [0.25, 0.3) is 0 Å². The zero-order chi connectivity index (χ0) is 22.1. The van der Waals surface area contributed by atoms with Crippen molar-refractivity contribution in [1.82, 2.24) is 9.78 Å². The first kappa shape index (κ1) is 22.6. The number of aromatic nitrogens is 2. The van der Waals surface area contributed by atoms with Crippen LogP contribution in [0.25, 0.3) is 11.3 Å². The smallest absolute Gasteiger partial charge is 0.394 e. The fourth-order valence-corrected chi connectivity index (χ4v) is 3.00. The summed E-state index contributed by atoms with van der Waals surface area (Å²) in [6, 6.07) is 3.86. The van der Waals surface area contributed by atoms with Gasteiger partial charge in [0.15, 0.2) is 5.69 Å². The molecule has 1 aromatic heterocycles. The molecular weight excluding hydrogens is 399 g/mol. The molecule has 10 heteroatoms. The maximum atomic E-state index is 13.2. The summed E-state index contributed by atoms with van der Waals surface area (Å²) in [6.45, 7) is 2.24. The summed E-state index contributed by atoms with van der Waals surface area (Å²) >= 11 is 0. The molecule has 5 nitrogen and oxygen atoms in total. The lowest BCUT2D eigenvalue weighted by atomic mass is 9.84. The van der Waals surface area contributed by atoms with Crippen LogP contribution in [0.2, 0.25) is 0 Å². The van der Waals surface area contributed by atoms with E-state index < -0.39 is 30.6 Å². The highest BCUT2D eigenvalue weighted by Crippen LogP contribution is 2.42. The Balaban J connectivity index is 2.61. The second-order valence-electron chi connectivity index (χ2n) is 7.21. The van der Waals surface area contributed by atoms with Gasteiger partial charge in [-0.3, -0.25) is 4.68 Å². The Hall–Kier alpha value is -2.65. The quantitative estimate of drug-likeness (QED) is 0.617. The number of alkyl halides is 5. The number of hydrogen-bond donors (Lipinski definition) is 1. The van der Waals surface area contributed by atoms with E-state index in [0.717, 1.165) is 19.9 Å². The van der Waals surface area contributed by atoms with Crippen molar-refractivity contribution < 1.29 is 36.6 Å². The Labute approximate surface area is 164 Å². The first-order valence-electron chi connectivity index (χ1n) is 8.74. The summed E-state index contributed by atoms with van der Waals surface area (Å²) in [5, 5.41) is 13.2. The number of hydrogen-bond acceptors (Lipinski definition) is 3. The number of carboxylic acids is 1. The van der Waals surface area contributed by atoms with E-state index in [2.05, 4.69) is 9.84 Å². The first-order valence-corrected chi connectivity index (χ1v) is 8.74. The van der Waals surface area contributed by atoms with Gasteiger partial charge >= 0.3 is 18.8 Å². The molecule has 0 bridgehead atoms. The van der Waals surface area contributed by atoms with Crippen LogP contribution in [0.1, 0.15) is 42.4 Å². The lowest BCUT2D eigenvalue weighted by Gasteiger charge is -2.28. The predicted octanol–water partition coefficient (Wildman–Crippen LogP) is 5.31. The third-order valence-corrected chi connectivity index (χ3v) is 4.62. The van der Waals surface area contributed by atoms with Gasteiger partial charge in [0.2, 0.25) is 0 Å². The summed E-state index contributed by atoms with van der Waals surface area (Å²) in [5.41, 5.74) is -1.55. The van der Waals surface area contributed by atoms with Crippen LogP contribution >= 0.6 is 0 Å². The van der Waals surface area contributed by atoms with Crippen molar-refractivity contribution in [3.05, 3.63) is 35.0 Å². The molecule has 0 aliphatic rings. The van der Waals surface area contributed by atoms with Crippen molar-refractivity contribution in [1.29, 1.82) is 0 Å². The van der Waals surface area contributed by atoms with Crippen molar-refractivity contribution in [3.8, 4) is 17.0 Å². The van der Waals surface area contributed by atoms with Crippen molar-refractivity contribution in [2.75, 3.05) is 0 Å². The molecule has 2 rings (SSSR count). The first-order chi connectivity index (χ1) is 13.3. The molecule has 2 aromatic rings. The van der Waals surface area contributed by atoms with Gasteiger partial charge in [0, 0.05) is 17.7 Å². The fourth-order valence-electron chi connectivity index (χ4n) is 3.00. The normalized spacial score (nSPS) is 12.5. The van der Waals surface area contributed by atoms with Crippen molar-refractivity contribution in [2.45, 2.75) is 53.4 Å². The molecule has 0 radical (unpaired) electrons. The number of carbonyl (C=O) groups is 1. The summed E-state index contributed by atoms with van der Waals surface area (Å²) in [6.07, 6.45) is -4.92. The summed E-state index contributed by atoms with van der Waals surface area (Å²) in [7, 11) is 0. The van der Waals surface area contributed by atoms with E-state index in [1.54, 1.807) is 6.92 Å². The molecule has 0 aliphatic carbocycles. The molecule has 0 spiro atoms. The van der Waals surface area contributed by atoms with E-state index in [1.807, 2.05) is 0 Å². The Bertz CT molecular complexity index is 904. The standard InChI is InChI=1S/C19H21F5N2O3/c1-5-26-15(10(2)14(25-26)16(27)28)12-7-6-11(8-13(12)29-17(20)21)9-18(3,4)19(22,23)24/h6-8,17H,5,9H2,1-4H3,(H,27,28). The van der Waals surface area contributed by atoms with Gasteiger partial charge in [-0.25, -0.2) is 4.79 Å². The van der Waals surface area contributed by atoms with Crippen LogP contribution in [0.15, 0.2) is 18.2 Å². The lowest BCUT2D eigenvalue weighted by Crippen LogP contribution is -2.34. The van der Waals surface area contributed by atoms with Crippen molar-refractivity contribution in [3.63, 3.8) is 0 Å².